The van der Waals surface area contributed by atoms with Gasteiger partial charge in [-0.25, -0.2) is 4.79 Å². The Morgan fingerprint density at radius 3 is 2.20 bits per heavy atom. The number of H-pyrrole nitrogens is 1. The lowest BCUT2D eigenvalue weighted by molar-refractivity contribution is -0.170. The topological polar surface area (TPSA) is 165 Å². The predicted octanol–water partition coefficient (Wildman–Crippen LogP) is 5.61. The number of phenols is 1. The number of fused-ring (bicyclic) bond motifs is 1. The minimum Gasteiger partial charge on any atom is -0.506 e. The number of carboxylic acids is 1. The number of aliphatic carboxylic acids is 1. The maximum Gasteiger partial charge on any atom is 0.347 e. The molecule has 5 aromatic rings. The van der Waals surface area contributed by atoms with Crippen LogP contribution in [0.3, 0.4) is 0 Å². The molecular formula is C40H48F2N4O8S2. The molecule has 0 saturated heterocycles. The molecule has 6 rings (SSSR count). The highest BCUT2D eigenvalue weighted by Gasteiger charge is 2.48. The minimum atomic E-state index is -1.50. The second kappa shape index (κ2) is 19.9. The summed E-state index contributed by atoms with van der Waals surface area (Å²) < 4.78 is 12.3. The third kappa shape index (κ3) is 10.2. The Hall–Kier alpha value is -4.71. The van der Waals surface area contributed by atoms with Crippen LogP contribution < -0.4 is 15.6 Å². The second-order valence-corrected chi connectivity index (χ2v) is 15.5. The van der Waals surface area contributed by atoms with Gasteiger partial charge in [0.15, 0.2) is 6.61 Å². The quantitative estimate of drug-likeness (QED) is 0.0798. The van der Waals surface area contributed by atoms with E-state index in [1.165, 1.54) is 34.8 Å². The highest BCUT2D eigenvalue weighted by molar-refractivity contribution is 7.12. The number of halogens is 2. The fraction of sp³-hybridized carbons (Fsp3) is 0.375. The molecule has 1 aliphatic rings. The van der Waals surface area contributed by atoms with E-state index in [0.717, 1.165) is 31.2 Å². The summed E-state index contributed by atoms with van der Waals surface area (Å²) in [5, 5.41) is 38.9. The molecule has 0 aliphatic heterocycles. The molecule has 1 fully saturated rings. The molecule has 5 N–H and O–H groups in total. The molecule has 1 aliphatic carbocycles. The van der Waals surface area contributed by atoms with Crippen LogP contribution in [0.25, 0.3) is 10.9 Å². The van der Waals surface area contributed by atoms with E-state index in [9.17, 15) is 29.7 Å². The number of carbonyl (C=O) groups excluding carboxylic acids is 1. The number of aromatic amines is 1. The number of amides is 1. The third-order valence-corrected chi connectivity index (χ3v) is 12.0. The highest BCUT2D eigenvalue weighted by atomic mass is 32.1. The van der Waals surface area contributed by atoms with Gasteiger partial charge in [0.1, 0.15) is 11.5 Å². The Morgan fingerprint density at radius 1 is 0.929 bits per heavy atom. The Morgan fingerprint density at radius 2 is 1.59 bits per heavy atom. The van der Waals surface area contributed by atoms with Crippen molar-refractivity contribution in [1.29, 1.82) is 0 Å². The molecule has 1 atom stereocenters. The van der Waals surface area contributed by atoms with Crippen molar-refractivity contribution in [2.24, 2.45) is 0 Å². The number of ether oxygens (including phenoxy) is 2. The molecule has 0 unspecified atom stereocenters. The molecule has 0 radical (unpaired) electrons. The average molecular weight is 815 g/mol. The maximum absolute atomic E-state index is 12.9. The van der Waals surface area contributed by atoms with Crippen molar-refractivity contribution in [2.45, 2.75) is 56.1 Å². The van der Waals surface area contributed by atoms with Crippen LogP contribution in [0.1, 0.15) is 52.7 Å². The molecule has 0 spiro atoms. The number of aliphatic hydroxyl groups is 1. The van der Waals surface area contributed by atoms with E-state index in [0.29, 0.717) is 57.6 Å². The Labute approximate surface area is 331 Å². The molecule has 56 heavy (non-hydrogen) atoms. The molecule has 1 amide bonds. The number of benzene rings is 2. The summed E-state index contributed by atoms with van der Waals surface area (Å²) in [5.74, 6) is -0.603. The molecule has 3 aromatic heterocycles. The zero-order valence-corrected chi connectivity index (χ0v) is 32.7. The largest absolute Gasteiger partial charge is 0.506 e. The van der Waals surface area contributed by atoms with Crippen molar-refractivity contribution in [1.82, 2.24) is 20.1 Å². The van der Waals surface area contributed by atoms with E-state index < -0.39 is 17.7 Å². The number of likely N-dealkylation sites (N-methyl/N-ethyl adjacent to an activating group) is 2. The lowest BCUT2D eigenvalue weighted by Crippen LogP contribution is -2.45. The fourth-order valence-corrected chi connectivity index (χ4v) is 8.71. The van der Waals surface area contributed by atoms with Crippen molar-refractivity contribution in [2.75, 3.05) is 40.3 Å². The number of aliphatic hydroxyl groups excluding tert-OH is 1. The van der Waals surface area contributed by atoms with Gasteiger partial charge >= 0.3 is 5.97 Å². The Kier molecular flexibility index (Phi) is 15.7. The molecule has 16 heteroatoms. The van der Waals surface area contributed by atoms with Crippen molar-refractivity contribution < 1.29 is 43.8 Å². The normalized spacial score (nSPS) is 16.1. The number of aromatic hydroxyl groups is 1. The van der Waals surface area contributed by atoms with Crippen LogP contribution in [0, 0.1) is 0 Å². The number of pyridine rings is 1. The lowest BCUT2D eigenvalue weighted by Gasteiger charge is -2.38. The van der Waals surface area contributed by atoms with E-state index in [2.05, 4.69) is 22.2 Å². The number of aromatic nitrogens is 1. The Balaban J connectivity index is 0.00000348. The number of nitrogens with one attached hydrogen (secondary N) is 2. The maximum atomic E-state index is 12.9. The molecular weight excluding hydrogens is 767 g/mol. The summed E-state index contributed by atoms with van der Waals surface area (Å²) in [6, 6.07) is 21.1. The molecule has 2 aromatic carbocycles. The first-order valence-electron chi connectivity index (χ1n) is 17.9. The molecule has 302 valence electrons. The lowest BCUT2D eigenvalue weighted by atomic mass is 9.90. The summed E-state index contributed by atoms with van der Waals surface area (Å²) in [6.07, 6.45) is 2.21. The van der Waals surface area contributed by atoms with Crippen LogP contribution in [-0.2, 0) is 26.5 Å². The fourth-order valence-electron chi connectivity index (χ4n) is 6.90. The molecule has 1 saturated carbocycles. The van der Waals surface area contributed by atoms with Crippen molar-refractivity contribution >= 4 is 45.5 Å². The SMILES string of the molecule is CN(CCN(C)[C@H]1CC[C@H](OC(C(=O)O)(c2cccs2)c2cccs2)CC1)C(=O)COc1ccc(CNC[C@H](O)c2ccc(O)c3[nH]c(=O)ccc23)cc1.F.F. The number of thiophene rings is 2. The number of phenolic OH excluding ortho intramolecular Hbond substituents is 1. The number of carbonyl (C=O) groups is 2. The summed E-state index contributed by atoms with van der Waals surface area (Å²) in [4.78, 5) is 45.2. The van der Waals surface area contributed by atoms with Crippen molar-refractivity contribution in [3.63, 3.8) is 0 Å². The molecule has 0 bridgehead atoms. The van der Waals surface area contributed by atoms with Gasteiger partial charge in [0.05, 0.1) is 27.5 Å². The zero-order valence-electron chi connectivity index (χ0n) is 31.1. The van der Waals surface area contributed by atoms with Gasteiger partial charge in [0.25, 0.3) is 5.91 Å². The van der Waals surface area contributed by atoms with Crippen LogP contribution >= 0.6 is 22.7 Å². The van der Waals surface area contributed by atoms with Gasteiger partial charge in [-0.05, 0) is 91.0 Å². The summed E-state index contributed by atoms with van der Waals surface area (Å²) in [6.45, 7) is 1.89. The van der Waals surface area contributed by atoms with Gasteiger partial charge in [0.2, 0.25) is 11.2 Å². The monoisotopic (exact) mass is 814 g/mol. The number of rotatable bonds is 17. The summed E-state index contributed by atoms with van der Waals surface area (Å²) in [5.41, 5.74) is 0.0154. The number of hydrogen-bond acceptors (Lipinski definition) is 11. The molecule has 3 heterocycles. The Bertz CT molecular complexity index is 2020. The van der Waals surface area contributed by atoms with Crippen LogP contribution in [0.4, 0.5) is 9.41 Å². The van der Waals surface area contributed by atoms with Crippen molar-refractivity contribution in [3.05, 3.63) is 115 Å². The van der Waals surface area contributed by atoms with Crippen LogP contribution in [0.5, 0.6) is 11.5 Å². The highest BCUT2D eigenvalue weighted by Crippen LogP contribution is 2.42. The first-order valence-corrected chi connectivity index (χ1v) is 19.7. The van der Waals surface area contributed by atoms with E-state index in [4.69, 9.17) is 9.47 Å². The number of nitrogens with zero attached hydrogens (tertiary/aromatic N) is 2. The number of carboxylic acid groups (broad SMARTS) is 1. The van der Waals surface area contributed by atoms with E-state index in [1.807, 2.05) is 47.2 Å². The van der Waals surface area contributed by atoms with E-state index >= 15 is 0 Å². The number of hydrogen-bond donors (Lipinski definition) is 5. The van der Waals surface area contributed by atoms with E-state index in [-0.39, 0.29) is 45.9 Å². The smallest absolute Gasteiger partial charge is 0.347 e. The summed E-state index contributed by atoms with van der Waals surface area (Å²) >= 11 is 2.80. The standard InChI is InChI=1S/C40H46N4O8S2.2FH/c1-43(27-9-13-29(14-10-27)52-40(39(49)50,34-5-3-21-53-34)35-6-4-22-54-35)19-20-44(2)37(48)25-51-28-11-7-26(8-12-28)23-41-24-33(46)30-15-17-32(45)38-31(30)16-18-36(47)42-38;;/h3-8,11-12,15-18,21-22,27,29,33,41,45-46H,9-10,13-14,19-20,23-25H2,1-2H3,(H,42,47)(H,49,50);2*1H/t27-,29-,33-;;/m0../s1. The minimum absolute atomic E-state index is 0. The van der Waals surface area contributed by atoms with Gasteiger partial charge in [0, 0.05) is 50.7 Å². The van der Waals surface area contributed by atoms with Gasteiger partial charge in [-0.1, -0.05) is 30.3 Å². The van der Waals surface area contributed by atoms with Gasteiger partial charge in [-0.3, -0.25) is 19.0 Å². The van der Waals surface area contributed by atoms with Crippen molar-refractivity contribution in [3.8, 4) is 11.5 Å². The van der Waals surface area contributed by atoms with Crippen LogP contribution in [0.2, 0.25) is 0 Å². The summed E-state index contributed by atoms with van der Waals surface area (Å²) in [7, 11) is 3.84. The van der Waals surface area contributed by atoms with E-state index in [1.54, 1.807) is 36.2 Å². The second-order valence-electron chi connectivity index (χ2n) is 13.6. The molecule has 12 nitrogen and oxygen atoms in total. The first kappa shape index (κ1) is 44.0. The third-order valence-electron chi connectivity index (χ3n) is 10.1. The van der Waals surface area contributed by atoms with Crippen LogP contribution in [0.15, 0.2) is 88.4 Å². The van der Waals surface area contributed by atoms with Gasteiger partial charge in [-0.2, -0.15) is 0 Å². The van der Waals surface area contributed by atoms with Gasteiger partial charge in [-0.15, -0.1) is 22.7 Å². The van der Waals surface area contributed by atoms with Crippen LogP contribution in [-0.4, -0.2) is 94.5 Å². The first-order chi connectivity index (χ1) is 26.0. The van der Waals surface area contributed by atoms with Gasteiger partial charge < -0.3 is 44.9 Å². The predicted molar refractivity (Wildman–Crippen MR) is 214 cm³/mol. The zero-order chi connectivity index (χ0) is 38.2. The average Bonchev–Trinajstić information content (AvgIpc) is 3.92.